The third kappa shape index (κ3) is 5.02. The highest BCUT2D eigenvalue weighted by Crippen LogP contribution is 2.11. The van der Waals surface area contributed by atoms with Crippen LogP contribution in [-0.4, -0.2) is 18.5 Å². The van der Waals surface area contributed by atoms with Crippen LogP contribution in [0.5, 0.6) is 5.75 Å². The molecule has 2 N–H and O–H groups in total. The fourth-order valence-electron chi connectivity index (χ4n) is 1.64. The third-order valence-electron chi connectivity index (χ3n) is 2.62. The first kappa shape index (κ1) is 14.6. The molecule has 0 unspecified atom stereocenters. The molecule has 0 radical (unpaired) electrons. The van der Waals surface area contributed by atoms with E-state index in [-0.39, 0.29) is 13.2 Å². The number of benzene rings is 1. The van der Waals surface area contributed by atoms with Gasteiger partial charge in [-0.05, 0) is 36.8 Å². The average Bonchev–Trinajstić information content (AvgIpc) is 2.96. The van der Waals surface area contributed by atoms with Gasteiger partial charge >= 0.3 is 6.03 Å². The quantitative estimate of drug-likeness (QED) is 0.881. The molecule has 0 saturated carbocycles. The molecular weight excluding hydrogens is 272 g/mol. The summed E-state index contributed by atoms with van der Waals surface area (Å²) >= 11 is 0. The van der Waals surface area contributed by atoms with Crippen molar-refractivity contribution in [1.82, 2.24) is 10.6 Å². The van der Waals surface area contributed by atoms with Gasteiger partial charge in [-0.2, -0.15) is 0 Å². The van der Waals surface area contributed by atoms with Crippen molar-refractivity contribution in [3.05, 3.63) is 54.0 Å². The van der Waals surface area contributed by atoms with Gasteiger partial charge < -0.3 is 14.5 Å². The summed E-state index contributed by atoms with van der Waals surface area (Å²) in [6.07, 6.45) is 1.51. The van der Waals surface area contributed by atoms with Crippen LogP contribution >= 0.6 is 0 Å². The van der Waals surface area contributed by atoms with Crippen molar-refractivity contribution in [2.24, 2.45) is 0 Å². The van der Waals surface area contributed by atoms with Gasteiger partial charge in [0.15, 0.2) is 6.61 Å². The number of carbonyl (C=O) groups excluding carboxylic acids is 2. The minimum absolute atomic E-state index is 0.213. The fraction of sp³-hybridized carbons (Fsp3) is 0.200. The second-order valence-electron chi connectivity index (χ2n) is 4.42. The lowest BCUT2D eigenvalue weighted by Crippen LogP contribution is -2.41. The number of hydrogen-bond acceptors (Lipinski definition) is 4. The molecule has 1 aromatic carbocycles. The van der Waals surface area contributed by atoms with E-state index in [9.17, 15) is 9.59 Å². The van der Waals surface area contributed by atoms with Crippen LogP contribution < -0.4 is 15.4 Å². The van der Waals surface area contributed by atoms with Gasteiger partial charge in [0.05, 0.1) is 12.8 Å². The average molecular weight is 288 g/mol. The smallest absolute Gasteiger partial charge is 0.321 e. The van der Waals surface area contributed by atoms with Crippen molar-refractivity contribution in [3.63, 3.8) is 0 Å². The number of carbonyl (C=O) groups is 2. The summed E-state index contributed by atoms with van der Waals surface area (Å²) in [5, 5.41) is 4.67. The van der Waals surface area contributed by atoms with E-state index in [4.69, 9.17) is 9.15 Å². The van der Waals surface area contributed by atoms with E-state index in [2.05, 4.69) is 10.6 Å². The molecule has 110 valence electrons. The predicted octanol–water partition coefficient (Wildman–Crippen LogP) is 1.99. The highest BCUT2D eigenvalue weighted by Gasteiger charge is 2.08. The Labute approximate surface area is 122 Å². The number of ether oxygens (including phenoxy) is 1. The van der Waals surface area contributed by atoms with Gasteiger partial charge in [-0.1, -0.05) is 12.1 Å². The van der Waals surface area contributed by atoms with E-state index < -0.39 is 11.9 Å². The van der Waals surface area contributed by atoms with Crippen molar-refractivity contribution in [3.8, 4) is 5.75 Å². The van der Waals surface area contributed by atoms with Gasteiger partial charge in [0.1, 0.15) is 11.5 Å². The van der Waals surface area contributed by atoms with Crippen molar-refractivity contribution in [2.45, 2.75) is 13.5 Å². The first-order valence-electron chi connectivity index (χ1n) is 6.43. The first-order valence-corrected chi connectivity index (χ1v) is 6.43. The number of furan rings is 1. The van der Waals surface area contributed by atoms with Gasteiger partial charge in [0, 0.05) is 0 Å². The topological polar surface area (TPSA) is 80.6 Å². The number of hydrogen-bond donors (Lipinski definition) is 2. The number of rotatable bonds is 5. The molecule has 0 saturated heterocycles. The molecule has 0 aliphatic heterocycles. The van der Waals surface area contributed by atoms with Crippen molar-refractivity contribution < 1.29 is 18.7 Å². The second kappa shape index (κ2) is 7.14. The van der Waals surface area contributed by atoms with E-state index in [1.165, 1.54) is 6.26 Å². The molecule has 6 nitrogen and oxygen atoms in total. The number of amides is 3. The number of nitrogens with one attached hydrogen (secondary N) is 2. The van der Waals surface area contributed by atoms with Gasteiger partial charge in [0.2, 0.25) is 0 Å². The summed E-state index contributed by atoms with van der Waals surface area (Å²) in [6, 6.07) is 10.2. The van der Waals surface area contributed by atoms with Gasteiger partial charge in [-0.3, -0.25) is 10.1 Å². The van der Waals surface area contributed by atoms with E-state index in [0.29, 0.717) is 11.5 Å². The number of aryl methyl sites for hydroxylation is 1. The highest BCUT2D eigenvalue weighted by atomic mass is 16.5. The molecule has 1 aromatic heterocycles. The van der Waals surface area contributed by atoms with E-state index in [0.717, 1.165) is 5.56 Å². The largest absolute Gasteiger partial charge is 0.484 e. The number of urea groups is 1. The van der Waals surface area contributed by atoms with Crippen LogP contribution in [0.4, 0.5) is 4.79 Å². The van der Waals surface area contributed by atoms with Crippen LogP contribution in [0.25, 0.3) is 0 Å². The summed E-state index contributed by atoms with van der Waals surface area (Å²) in [5.74, 6) is 0.670. The molecular formula is C15H16N2O4. The van der Waals surface area contributed by atoms with Crippen LogP contribution in [0.15, 0.2) is 47.1 Å². The Bertz CT molecular complexity index is 608. The maximum absolute atomic E-state index is 11.6. The monoisotopic (exact) mass is 288 g/mol. The molecule has 2 aromatic rings. The molecule has 0 fully saturated rings. The molecule has 2 rings (SSSR count). The SMILES string of the molecule is Cc1cccc(OCC(=O)NC(=O)NCc2ccco2)c1. The maximum atomic E-state index is 11.6. The normalized spacial score (nSPS) is 9.95. The van der Waals surface area contributed by atoms with Crippen LogP contribution in [-0.2, 0) is 11.3 Å². The van der Waals surface area contributed by atoms with Crippen LogP contribution in [0.2, 0.25) is 0 Å². The molecule has 0 aliphatic rings. The Hall–Kier alpha value is -2.76. The minimum Gasteiger partial charge on any atom is -0.484 e. The second-order valence-corrected chi connectivity index (χ2v) is 4.42. The highest BCUT2D eigenvalue weighted by molar-refractivity contribution is 5.94. The van der Waals surface area contributed by atoms with Gasteiger partial charge in [0.25, 0.3) is 5.91 Å². The first-order chi connectivity index (χ1) is 10.1. The van der Waals surface area contributed by atoms with Crippen LogP contribution in [0.3, 0.4) is 0 Å². The zero-order valence-corrected chi connectivity index (χ0v) is 11.6. The lowest BCUT2D eigenvalue weighted by molar-refractivity contribution is -0.122. The van der Waals surface area contributed by atoms with E-state index in [1.807, 2.05) is 25.1 Å². The molecule has 0 atom stereocenters. The van der Waals surface area contributed by atoms with Crippen molar-refractivity contribution in [1.29, 1.82) is 0 Å². The minimum atomic E-state index is -0.593. The van der Waals surface area contributed by atoms with Crippen molar-refractivity contribution >= 4 is 11.9 Å². The van der Waals surface area contributed by atoms with E-state index >= 15 is 0 Å². The van der Waals surface area contributed by atoms with E-state index in [1.54, 1.807) is 18.2 Å². The van der Waals surface area contributed by atoms with Crippen molar-refractivity contribution in [2.75, 3.05) is 6.61 Å². The molecule has 6 heteroatoms. The zero-order valence-electron chi connectivity index (χ0n) is 11.6. The lowest BCUT2D eigenvalue weighted by atomic mass is 10.2. The summed E-state index contributed by atoms with van der Waals surface area (Å²) < 4.78 is 10.3. The molecule has 21 heavy (non-hydrogen) atoms. The Morgan fingerprint density at radius 1 is 1.24 bits per heavy atom. The van der Waals surface area contributed by atoms with Gasteiger partial charge in [-0.25, -0.2) is 4.79 Å². The third-order valence-corrected chi connectivity index (χ3v) is 2.62. The summed E-state index contributed by atoms with van der Waals surface area (Å²) in [6.45, 7) is 1.91. The Balaban J connectivity index is 1.70. The Morgan fingerprint density at radius 3 is 2.81 bits per heavy atom. The molecule has 1 heterocycles. The molecule has 0 bridgehead atoms. The summed E-state index contributed by atoms with van der Waals surface area (Å²) in [5.41, 5.74) is 1.03. The maximum Gasteiger partial charge on any atom is 0.321 e. The Kier molecular flexibility index (Phi) is 4.98. The van der Waals surface area contributed by atoms with Gasteiger partial charge in [-0.15, -0.1) is 0 Å². The summed E-state index contributed by atoms with van der Waals surface area (Å²) in [7, 11) is 0. The Morgan fingerprint density at radius 2 is 2.10 bits per heavy atom. The molecule has 0 aliphatic carbocycles. The molecule has 3 amide bonds. The summed E-state index contributed by atoms with van der Waals surface area (Å²) in [4.78, 5) is 23.0. The molecule has 0 spiro atoms. The predicted molar refractivity (Wildman–Crippen MR) is 75.8 cm³/mol. The lowest BCUT2D eigenvalue weighted by Gasteiger charge is -2.07. The van der Waals surface area contributed by atoms with Crippen LogP contribution in [0, 0.1) is 6.92 Å². The number of imide groups is 1. The standard InChI is InChI=1S/C15H16N2O4/c1-11-4-2-5-12(8-11)21-10-14(18)17-15(19)16-9-13-6-3-7-20-13/h2-8H,9-10H2,1H3,(H2,16,17,18,19). The zero-order chi connectivity index (χ0) is 15.1. The fourth-order valence-corrected chi connectivity index (χ4v) is 1.64. The van der Waals surface area contributed by atoms with Crippen LogP contribution in [0.1, 0.15) is 11.3 Å².